The predicted octanol–water partition coefficient (Wildman–Crippen LogP) is 6.14. The van der Waals surface area contributed by atoms with Gasteiger partial charge in [-0.3, -0.25) is 4.79 Å². The SMILES string of the molecule is CC(=O)O[C@H]1[C@H](OCc2ccccc2)[C@@H](COCc2ccccc2)O[C@H](Cc2nc3nc(N)nc(OCc4ccccc4)c3[nH]2)[C@H]1OCc1ccccc1. The molecule has 12 heteroatoms. The van der Waals surface area contributed by atoms with Gasteiger partial charge < -0.3 is 39.1 Å². The summed E-state index contributed by atoms with van der Waals surface area (Å²) in [7, 11) is 0. The lowest BCUT2D eigenvalue weighted by molar-refractivity contribution is -0.265. The molecule has 4 aromatic carbocycles. The van der Waals surface area contributed by atoms with Crippen LogP contribution in [0.4, 0.5) is 5.95 Å². The van der Waals surface area contributed by atoms with E-state index in [9.17, 15) is 4.79 Å². The summed E-state index contributed by atoms with van der Waals surface area (Å²) < 4.78 is 38.5. The van der Waals surface area contributed by atoms with Gasteiger partial charge in [-0.05, 0) is 22.3 Å². The number of anilines is 1. The number of nitrogens with two attached hydrogens (primary N) is 1. The highest BCUT2D eigenvalue weighted by molar-refractivity contribution is 5.77. The minimum atomic E-state index is -0.858. The summed E-state index contributed by atoms with van der Waals surface area (Å²) in [6, 6.07) is 39.2. The molecule has 3 N–H and O–H groups in total. The monoisotopic (exact) mass is 729 g/mol. The fraction of sp³-hybridized carbons (Fsp3) is 0.286. The Morgan fingerprint density at radius 2 is 1.19 bits per heavy atom. The summed E-state index contributed by atoms with van der Waals surface area (Å²) in [6.45, 7) is 2.68. The number of nitrogen functional groups attached to an aromatic ring is 1. The first-order valence-electron chi connectivity index (χ1n) is 17.9. The molecule has 1 aliphatic rings. The zero-order valence-electron chi connectivity index (χ0n) is 30.0. The van der Waals surface area contributed by atoms with Crippen molar-refractivity contribution >= 4 is 23.1 Å². The molecule has 0 saturated carbocycles. The number of rotatable bonds is 16. The summed E-state index contributed by atoms with van der Waals surface area (Å²) in [6.07, 6.45) is -3.44. The number of hydrogen-bond acceptors (Lipinski definition) is 11. The van der Waals surface area contributed by atoms with Gasteiger partial charge in [0.05, 0.1) is 32.5 Å². The molecule has 0 spiro atoms. The van der Waals surface area contributed by atoms with Crippen LogP contribution in [0, 0.1) is 0 Å². The average Bonchev–Trinajstić information content (AvgIpc) is 3.60. The maximum Gasteiger partial charge on any atom is 0.303 e. The fourth-order valence-corrected chi connectivity index (χ4v) is 6.47. The van der Waals surface area contributed by atoms with Crippen LogP contribution >= 0.6 is 0 Å². The molecule has 0 aliphatic carbocycles. The van der Waals surface area contributed by atoms with Crippen LogP contribution in [0.5, 0.6) is 5.88 Å². The summed E-state index contributed by atoms with van der Waals surface area (Å²) in [4.78, 5) is 29.6. The Morgan fingerprint density at radius 3 is 1.74 bits per heavy atom. The van der Waals surface area contributed by atoms with Gasteiger partial charge in [-0.25, -0.2) is 4.98 Å². The van der Waals surface area contributed by atoms with Crippen molar-refractivity contribution in [3.8, 4) is 5.88 Å². The molecule has 5 atom stereocenters. The molecule has 1 fully saturated rings. The van der Waals surface area contributed by atoms with Crippen molar-refractivity contribution < 1.29 is 33.2 Å². The standard InChI is InChI=1S/C42H43N5O7/c1-28(48)53-39-37(50-24-30-16-8-3-9-17-30)33(22-35-44-36-40(45-35)46-42(43)47-41(36)52-26-32-20-12-5-13-21-32)54-34(27-49-23-29-14-6-2-7-15-29)38(39)51-25-31-18-10-4-11-19-31/h2-21,33-34,37-39H,22-27H2,1H3,(H3,43,44,45,46,47)/t33-,34-,37-,38-,39-/m1/s1. The molecule has 0 radical (unpaired) electrons. The molecular weight excluding hydrogens is 686 g/mol. The van der Waals surface area contributed by atoms with E-state index in [2.05, 4.69) is 15.0 Å². The van der Waals surface area contributed by atoms with Crippen molar-refractivity contribution in [2.45, 2.75) is 70.3 Å². The van der Waals surface area contributed by atoms with Gasteiger partial charge in [0.1, 0.15) is 36.3 Å². The molecule has 3 heterocycles. The van der Waals surface area contributed by atoms with Crippen LogP contribution < -0.4 is 10.5 Å². The maximum absolute atomic E-state index is 12.8. The van der Waals surface area contributed by atoms with E-state index in [4.69, 9.17) is 39.1 Å². The Kier molecular flexibility index (Phi) is 12.2. The second-order valence-electron chi connectivity index (χ2n) is 13.1. The van der Waals surface area contributed by atoms with E-state index in [1.54, 1.807) is 0 Å². The predicted molar refractivity (Wildman–Crippen MR) is 201 cm³/mol. The van der Waals surface area contributed by atoms with Crippen LogP contribution in [-0.2, 0) is 61.3 Å². The third kappa shape index (κ3) is 9.65. The zero-order valence-corrected chi connectivity index (χ0v) is 30.0. The van der Waals surface area contributed by atoms with Crippen LogP contribution in [-0.4, -0.2) is 63.0 Å². The summed E-state index contributed by atoms with van der Waals surface area (Å²) in [5, 5.41) is 0. The Balaban J connectivity index is 1.20. The molecule has 0 amide bonds. The minimum Gasteiger partial charge on any atom is -0.471 e. The van der Waals surface area contributed by atoms with E-state index < -0.39 is 36.5 Å². The van der Waals surface area contributed by atoms with Crippen LogP contribution in [0.1, 0.15) is 35.0 Å². The molecule has 0 bridgehead atoms. The van der Waals surface area contributed by atoms with Gasteiger partial charge in [0.2, 0.25) is 11.8 Å². The van der Waals surface area contributed by atoms with Crippen molar-refractivity contribution in [1.29, 1.82) is 0 Å². The molecule has 1 saturated heterocycles. The molecule has 0 unspecified atom stereocenters. The summed E-state index contributed by atoms with van der Waals surface area (Å²) >= 11 is 0. The van der Waals surface area contributed by atoms with Crippen molar-refractivity contribution in [3.63, 3.8) is 0 Å². The van der Waals surface area contributed by atoms with Gasteiger partial charge in [-0.15, -0.1) is 0 Å². The lowest BCUT2D eigenvalue weighted by atomic mass is 9.92. The summed E-state index contributed by atoms with van der Waals surface area (Å²) in [5.74, 6) is 0.370. The van der Waals surface area contributed by atoms with Crippen LogP contribution in [0.25, 0.3) is 11.2 Å². The van der Waals surface area contributed by atoms with E-state index in [0.29, 0.717) is 23.6 Å². The number of carbonyl (C=O) groups excluding carboxylic acids is 1. The molecule has 278 valence electrons. The number of nitrogens with zero attached hydrogens (tertiary/aromatic N) is 3. The highest BCUT2D eigenvalue weighted by Gasteiger charge is 2.50. The lowest BCUT2D eigenvalue weighted by Gasteiger charge is -2.45. The normalized spacial score (nSPS) is 19.8. The van der Waals surface area contributed by atoms with Gasteiger partial charge >= 0.3 is 5.97 Å². The number of ether oxygens (including phenoxy) is 6. The number of fused-ring (bicyclic) bond motifs is 1. The summed E-state index contributed by atoms with van der Waals surface area (Å²) in [5.41, 5.74) is 10.8. The van der Waals surface area contributed by atoms with Crippen LogP contribution in [0.3, 0.4) is 0 Å². The molecule has 6 aromatic rings. The highest BCUT2D eigenvalue weighted by Crippen LogP contribution is 2.33. The largest absolute Gasteiger partial charge is 0.471 e. The van der Waals surface area contributed by atoms with Crippen molar-refractivity contribution in [2.24, 2.45) is 0 Å². The second-order valence-corrected chi connectivity index (χ2v) is 13.1. The average molecular weight is 730 g/mol. The number of benzene rings is 4. The Morgan fingerprint density at radius 1 is 0.667 bits per heavy atom. The fourth-order valence-electron chi connectivity index (χ4n) is 6.47. The maximum atomic E-state index is 12.8. The zero-order chi connectivity index (χ0) is 37.1. The molecule has 1 aliphatic heterocycles. The van der Waals surface area contributed by atoms with E-state index in [-0.39, 0.29) is 44.7 Å². The number of aromatic amines is 1. The Bertz CT molecular complexity index is 2070. The van der Waals surface area contributed by atoms with E-state index in [1.165, 1.54) is 6.92 Å². The van der Waals surface area contributed by atoms with Crippen LogP contribution in [0.2, 0.25) is 0 Å². The second kappa shape index (κ2) is 17.9. The first-order valence-corrected chi connectivity index (χ1v) is 17.9. The number of aromatic nitrogens is 4. The molecular formula is C42H43N5O7. The lowest BCUT2D eigenvalue weighted by Crippen LogP contribution is -2.62. The van der Waals surface area contributed by atoms with E-state index in [0.717, 1.165) is 22.3 Å². The van der Waals surface area contributed by atoms with Crippen molar-refractivity contribution in [2.75, 3.05) is 12.3 Å². The first kappa shape index (κ1) is 36.7. The third-order valence-electron chi connectivity index (χ3n) is 8.99. The Hall–Kier alpha value is -5.66. The smallest absolute Gasteiger partial charge is 0.303 e. The number of esters is 1. The number of hydrogen-bond donors (Lipinski definition) is 2. The molecule has 2 aromatic heterocycles. The molecule has 12 nitrogen and oxygen atoms in total. The van der Waals surface area contributed by atoms with Gasteiger partial charge in [-0.1, -0.05) is 121 Å². The van der Waals surface area contributed by atoms with Crippen molar-refractivity contribution in [3.05, 3.63) is 149 Å². The Labute approximate surface area is 313 Å². The number of imidazole rings is 1. The van der Waals surface area contributed by atoms with Gasteiger partial charge in [0.25, 0.3) is 0 Å². The highest BCUT2D eigenvalue weighted by atomic mass is 16.6. The third-order valence-corrected chi connectivity index (χ3v) is 8.99. The molecule has 54 heavy (non-hydrogen) atoms. The van der Waals surface area contributed by atoms with E-state index in [1.807, 2.05) is 121 Å². The van der Waals surface area contributed by atoms with Gasteiger partial charge in [-0.2, -0.15) is 9.97 Å². The topological polar surface area (TPSA) is 153 Å². The van der Waals surface area contributed by atoms with Crippen LogP contribution in [0.15, 0.2) is 121 Å². The van der Waals surface area contributed by atoms with E-state index >= 15 is 0 Å². The van der Waals surface area contributed by atoms with Crippen molar-refractivity contribution in [1.82, 2.24) is 19.9 Å². The number of H-pyrrole nitrogens is 1. The number of carbonyl (C=O) groups is 1. The minimum absolute atomic E-state index is 0.0329. The quantitative estimate of drug-likeness (QED) is 0.110. The number of nitrogens with one attached hydrogen (secondary N) is 1. The first-order chi connectivity index (χ1) is 26.5. The van der Waals surface area contributed by atoms with Gasteiger partial charge in [0.15, 0.2) is 11.8 Å². The molecule has 7 rings (SSSR count). The van der Waals surface area contributed by atoms with Gasteiger partial charge in [0, 0.05) is 13.3 Å².